The van der Waals surface area contributed by atoms with Crippen LogP contribution in [0.3, 0.4) is 0 Å². The second kappa shape index (κ2) is 7.01. The van der Waals surface area contributed by atoms with E-state index in [4.69, 9.17) is 4.52 Å². The average molecular weight is 266 g/mol. The van der Waals surface area contributed by atoms with Gasteiger partial charge < -0.3 is 14.7 Å². The van der Waals surface area contributed by atoms with Crippen LogP contribution in [0, 0.1) is 18.8 Å². The second-order valence-electron chi connectivity index (χ2n) is 5.99. The molecule has 0 aromatic carbocycles. The Kier molecular flexibility index (Phi) is 5.34. The second-order valence-corrected chi connectivity index (χ2v) is 5.99. The molecular weight excluding hydrogens is 240 g/mol. The Bertz CT molecular complexity index is 377. The average Bonchev–Trinajstić information content (AvgIpc) is 2.95. The molecule has 5 nitrogen and oxygen atoms in total. The van der Waals surface area contributed by atoms with Crippen molar-refractivity contribution >= 4 is 0 Å². The molecule has 0 aliphatic carbocycles. The molecule has 1 aliphatic rings. The van der Waals surface area contributed by atoms with E-state index < -0.39 is 0 Å². The molecule has 1 aromatic rings. The normalized spacial score (nSPS) is 20.5. The van der Waals surface area contributed by atoms with Crippen molar-refractivity contribution in [3.8, 4) is 0 Å². The van der Waals surface area contributed by atoms with Crippen molar-refractivity contribution in [3.05, 3.63) is 11.7 Å². The van der Waals surface area contributed by atoms with Gasteiger partial charge in [-0.2, -0.15) is 4.98 Å². The summed E-state index contributed by atoms with van der Waals surface area (Å²) in [4.78, 5) is 6.74. The summed E-state index contributed by atoms with van der Waals surface area (Å²) < 4.78 is 5.14. The lowest BCUT2D eigenvalue weighted by atomic mass is 10.1. The first-order valence-electron chi connectivity index (χ1n) is 7.35. The van der Waals surface area contributed by atoms with Crippen molar-refractivity contribution in [1.82, 2.24) is 20.4 Å². The van der Waals surface area contributed by atoms with Crippen molar-refractivity contribution < 1.29 is 4.52 Å². The van der Waals surface area contributed by atoms with E-state index in [1.807, 2.05) is 6.92 Å². The Labute approximate surface area is 115 Å². The zero-order valence-corrected chi connectivity index (χ0v) is 12.4. The molecule has 1 N–H and O–H groups in total. The molecule has 1 aliphatic heterocycles. The van der Waals surface area contributed by atoms with Gasteiger partial charge in [-0.05, 0) is 44.8 Å². The minimum atomic E-state index is 0.729. The van der Waals surface area contributed by atoms with Gasteiger partial charge in [0.05, 0.1) is 0 Å². The van der Waals surface area contributed by atoms with Crippen molar-refractivity contribution in [2.75, 3.05) is 32.7 Å². The predicted molar refractivity (Wildman–Crippen MR) is 75.0 cm³/mol. The van der Waals surface area contributed by atoms with E-state index in [1.165, 1.54) is 19.5 Å². The highest BCUT2D eigenvalue weighted by molar-refractivity contribution is 4.85. The van der Waals surface area contributed by atoms with Gasteiger partial charge in [0.2, 0.25) is 5.89 Å². The van der Waals surface area contributed by atoms with E-state index in [0.717, 1.165) is 49.6 Å². The zero-order valence-electron chi connectivity index (χ0n) is 12.4. The Morgan fingerprint density at radius 1 is 1.47 bits per heavy atom. The number of aryl methyl sites for hydroxylation is 1. The number of hydrogen-bond donors (Lipinski definition) is 1. The van der Waals surface area contributed by atoms with Gasteiger partial charge >= 0.3 is 0 Å². The molecule has 1 unspecified atom stereocenters. The molecule has 19 heavy (non-hydrogen) atoms. The molecule has 108 valence electrons. The van der Waals surface area contributed by atoms with E-state index in [1.54, 1.807) is 0 Å². The fourth-order valence-electron chi connectivity index (χ4n) is 2.55. The summed E-state index contributed by atoms with van der Waals surface area (Å²) in [5, 5.41) is 7.38. The molecule has 0 bridgehead atoms. The maximum absolute atomic E-state index is 5.14. The van der Waals surface area contributed by atoms with Crippen LogP contribution < -0.4 is 5.32 Å². The van der Waals surface area contributed by atoms with Crippen LogP contribution in [-0.4, -0.2) is 47.8 Å². The van der Waals surface area contributed by atoms with E-state index >= 15 is 0 Å². The van der Waals surface area contributed by atoms with Gasteiger partial charge in [-0.3, -0.25) is 0 Å². The third-order valence-electron chi connectivity index (χ3n) is 3.57. The Hall–Kier alpha value is -0.940. The topological polar surface area (TPSA) is 54.2 Å². The van der Waals surface area contributed by atoms with E-state index in [-0.39, 0.29) is 0 Å². The maximum Gasteiger partial charge on any atom is 0.227 e. The lowest BCUT2D eigenvalue weighted by Crippen LogP contribution is -2.29. The van der Waals surface area contributed by atoms with Crippen LogP contribution in [0.4, 0.5) is 0 Å². The maximum atomic E-state index is 5.14. The van der Waals surface area contributed by atoms with Gasteiger partial charge in [-0.1, -0.05) is 19.0 Å². The summed E-state index contributed by atoms with van der Waals surface area (Å²) in [5.41, 5.74) is 0. The third-order valence-corrected chi connectivity index (χ3v) is 3.57. The highest BCUT2D eigenvalue weighted by Crippen LogP contribution is 2.15. The number of nitrogens with one attached hydrogen (secondary N) is 1. The summed E-state index contributed by atoms with van der Waals surface area (Å²) in [6, 6.07) is 0. The van der Waals surface area contributed by atoms with Gasteiger partial charge in [0.1, 0.15) is 0 Å². The molecular formula is C14H26N4O. The molecule has 0 amide bonds. The minimum absolute atomic E-state index is 0.729. The van der Waals surface area contributed by atoms with Crippen LogP contribution in [0.2, 0.25) is 0 Å². The van der Waals surface area contributed by atoms with Gasteiger partial charge in [0, 0.05) is 19.5 Å². The molecule has 0 saturated carbocycles. The number of aromatic nitrogens is 2. The molecule has 1 fully saturated rings. The van der Waals surface area contributed by atoms with Crippen LogP contribution in [0.15, 0.2) is 4.52 Å². The summed E-state index contributed by atoms with van der Waals surface area (Å²) >= 11 is 0. The van der Waals surface area contributed by atoms with Crippen molar-refractivity contribution in [2.45, 2.75) is 33.6 Å². The first-order chi connectivity index (χ1) is 9.13. The molecule has 0 radical (unpaired) electrons. The molecule has 1 aromatic heterocycles. The van der Waals surface area contributed by atoms with Crippen LogP contribution in [0.5, 0.6) is 0 Å². The fourth-order valence-corrected chi connectivity index (χ4v) is 2.55. The molecule has 1 saturated heterocycles. The monoisotopic (exact) mass is 266 g/mol. The summed E-state index contributed by atoms with van der Waals surface area (Å²) in [7, 11) is 0. The highest BCUT2D eigenvalue weighted by atomic mass is 16.5. The number of nitrogens with zero attached hydrogens (tertiary/aromatic N) is 3. The Morgan fingerprint density at radius 3 is 3.00 bits per heavy atom. The summed E-state index contributed by atoms with van der Waals surface area (Å²) in [6.07, 6.45) is 2.17. The van der Waals surface area contributed by atoms with Crippen LogP contribution in [-0.2, 0) is 6.42 Å². The molecule has 5 heteroatoms. The Balaban J connectivity index is 1.62. The highest BCUT2D eigenvalue weighted by Gasteiger charge is 2.22. The Morgan fingerprint density at radius 2 is 2.32 bits per heavy atom. The van der Waals surface area contributed by atoms with Crippen molar-refractivity contribution in [2.24, 2.45) is 11.8 Å². The van der Waals surface area contributed by atoms with Crippen molar-refractivity contribution in [3.63, 3.8) is 0 Å². The fraction of sp³-hybridized carbons (Fsp3) is 0.857. The van der Waals surface area contributed by atoms with Crippen molar-refractivity contribution in [1.29, 1.82) is 0 Å². The first-order valence-corrected chi connectivity index (χ1v) is 7.35. The largest absolute Gasteiger partial charge is 0.339 e. The van der Waals surface area contributed by atoms with Crippen LogP contribution in [0.25, 0.3) is 0 Å². The van der Waals surface area contributed by atoms with Crippen LogP contribution >= 0.6 is 0 Å². The lowest BCUT2D eigenvalue weighted by Gasteiger charge is -2.15. The van der Waals surface area contributed by atoms with Crippen LogP contribution in [0.1, 0.15) is 32.0 Å². The number of rotatable bonds is 7. The third kappa shape index (κ3) is 4.91. The standard InChI is InChI=1S/C14H26N4O/c1-11(2)8-15-9-13-4-6-18(10-13)7-5-14-16-12(3)17-19-14/h11,13,15H,4-10H2,1-3H3. The van der Waals surface area contributed by atoms with Gasteiger partial charge in [-0.25, -0.2) is 0 Å². The number of hydrogen-bond acceptors (Lipinski definition) is 5. The van der Waals surface area contributed by atoms with E-state index in [9.17, 15) is 0 Å². The SMILES string of the molecule is Cc1noc(CCN2CCC(CNCC(C)C)C2)n1. The molecule has 2 rings (SSSR count). The molecule has 1 atom stereocenters. The van der Waals surface area contributed by atoms with Gasteiger partial charge in [-0.15, -0.1) is 0 Å². The molecule has 0 spiro atoms. The zero-order chi connectivity index (χ0) is 13.7. The minimum Gasteiger partial charge on any atom is -0.339 e. The van der Waals surface area contributed by atoms with Gasteiger partial charge in [0.25, 0.3) is 0 Å². The summed E-state index contributed by atoms with van der Waals surface area (Å²) in [5.74, 6) is 3.02. The number of likely N-dealkylation sites (tertiary alicyclic amines) is 1. The van der Waals surface area contributed by atoms with E-state index in [0.29, 0.717) is 0 Å². The molecule has 2 heterocycles. The predicted octanol–water partition coefficient (Wildman–Crippen LogP) is 1.49. The quantitative estimate of drug-likeness (QED) is 0.810. The smallest absolute Gasteiger partial charge is 0.227 e. The van der Waals surface area contributed by atoms with Gasteiger partial charge in [0.15, 0.2) is 5.82 Å². The van der Waals surface area contributed by atoms with E-state index in [2.05, 4.69) is 34.2 Å². The lowest BCUT2D eigenvalue weighted by molar-refractivity contribution is 0.300. The first kappa shape index (κ1) is 14.5. The summed E-state index contributed by atoms with van der Waals surface area (Å²) in [6.45, 7) is 12.0.